The average molecular weight is 343 g/mol. The van der Waals surface area contributed by atoms with Gasteiger partial charge in [-0.1, -0.05) is 42.5 Å². The van der Waals surface area contributed by atoms with Gasteiger partial charge in [0.15, 0.2) is 0 Å². The van der Waals surface area contributed by atoms with Crippen LogP contribution in [0, 0.1) is 0 Å². The van der Waals surface area contributed by atoms with Crippen LogP contribution in [0.1, 0.15) is 18.1 Å². The highest BCUT2D eigenvalue weighted by molar-refractivity contribution is 6.76. The summed E-state index contributed by atoms with van der Waals surface area (Å²) in [6.45, 7) is 8.83. The summed E-state index contributed by atoms with van der Waals surface area (Å²) in [5.41, 5.74) is 2.47. The Morgan fingerprint density at radius 2 is 2.05 bits per heavy atom. The Morgan fingerprint density at radius 3 is 2.64 bits per heavy atom. The maximum absolute atomic E-state index is 11.1. The fourth-order valence-electron chi connectivity index (χ4n) is 1.55. The second kappa shape index (κ2) is 8.19. The average Bonchev–Trinajstić information content (AvgIpc) is 2.44. The summed E-state index contributed by atoms with van der Waals surface area (Å²) in [5, 5.41) is 7.35. The summed E-state index contributed by atoms with van der Waals surface area (Å²) >= 11 is 6.13. The van der Waals surface area contributed by atoms with Crippen LogP contribution in [0.5, 0.6) is 0 Å². The normalized spacial score (nSPS) is 12.0. The van der Waals surface area contributed by atoms with Crippen molar-refractivity contribution in [3.05, 3.63) is 34.3 Å². The first-order chi connectivity index (χ1) is 10.2. The van der Waals surface area contributed by atoms with E-state index in [1.807, 2.05) is 19.1 Å². The lowest BCUT2D eigenvalue weighted by atomic mass is 10.1. The Balaban J connectivity index is 2.78. The molecule has 0 aromatic heterocycles. The van der Waals surface area contributed by atoms with Gasteiger partial charge in [0.05, 0.1) is 20.9 Å². The lowest BCUT2D eigenvalue weighted by Gasteiger charge is -2.13. The van der Waals surface area contributed by atoms with Crippen molar-refractivity contribution in [1.29, 1.82) is 0 Å². The molecular weight excluding hydrogens is 320 g/mol. The molecule has 7 heteroatoms. The molecular formula is C15H23ClN2O3Si. The number of carbonyl (C=O) groups is 1. The summed E-state index contributed by atoms with van der Waals surface area (Å²) in [7, 11) is 0.0333. The molecule has 0 aliphatic rings. The first-order valence-electron chi connectivity index (χ1n) is 7.00. The van der Waals surface area contributed by atoms with E-state index in [4.69, 9.17) is 16.4 Å². The van der Waals surface area contributed by atoms with Crippen LogP contribution in [0.15, 0.2) is 23.4 Å². The van der Waals surface area contributed by atoms with Gasteiger partial charge in [-0.15, -0.1) is 0 Å². The molecule has 22 heavy (non-hydrogen) atoms. The third-order valence-electron chi connectivity index (χ3n) is 2.77. The molecule has 0 spiro atoms. The summed E-state index contributed by atoms with van der Waals surface area (Å²) < 4.78 is 4.54. The highest BCUT2D eigenvalue weighted by Gasteiger charge is 2.14. The monoisotopic (exact) mass is 342 g/mol. The molecule has 0 fully saturated rings. The van der Waals surface area contributed by atoms with Crippen LogP contribution in [0.4, 0.5) is 4.79 Å². The van der Waals surface area contributed by atoms with Gasteiger partial charge in [0.1, 0.15) is 6.23 Å². The van der Waals surface area contributed by atoms with E-state index in [0.29, 0.717) is 17.8 Å². The number of methoxy groups -OCH3 is 1. The number of rotatable bonds is 6. The summed E-state index contributed by atoms with van der Waals surface area (Å²) in [5.74, 6) is 0. The van der Waals surface area contributed by atoms with Crippen molar-refractivity contribution in [2.45, 2.75) is 33.1 Å². The third-order valence-corrected chi connectivity index (χ3v) is 4.13. The molecule has 1 N–H and O–H groups in total. The molecule has 0 saturated carbocycles. The Morgan fingerprint density at radius 1 is 1.36 bits per heavy atom. The van der Waals surface area contributed by atoms with Gasteiger partial charge in [-0.05, 0) is 30.2 Å². The molecule has 1 aromatic carbocycles. The predicted octanol–water partition coefficient (Wildman–Crippen LogP) is 3.81. The molecule has 5 nitrogen and oxygen atoms in total. The van der Waals surface area contributed by atoms with Crippen molar-refractivity contribution in [2.75, 3.05) is 13.3 Å². The van der Waals surface area contributed by atoms with Gasteiger partial charge in [-0.2, -0.15) is 0 Å². The van der Waals surface area contributed by atoms with Crippen LogP contribution in [0.25, 0.3) is 0 Å². The molecule has 0 heterocycles. The fraction of sp³-hybridized carbons (Fsp3) is 0.467. The number of amides is 1. The largest absolute Gasteiger partial charge is 0.453 e. The molecule has 0 unspecified atom stereocenters. The molecule has 0 aliphatic heterocycles. The zero-order valence-corrected chi connectivity index (χ0v) is 15.5. The number of hydrogen-bond acceptors (Lipinski definition) is 4. The van der Waals surface area contributed by atoms with E-state index >= 15 is 0 Å². The van der Waals surface area contributed by atoms with Crippen molar-refractivity contribution in [1.82, 2.24) is 5.32 Å². The minimum absolute atomic E-state index is 0.294. The number of carbonyl (C=O) groups excluding carboxylic acids is 1. The van der Waals surface area contributed by atoms with E-state index in [-0.39, 0.29) is 0 Å². The van der Waals surface area contributed by atoms with Crippen LogP contribution in [0.2, 0.25) is 24.7 Å². The van der Waals surface area contributed by atoms with Crippen LogP contribution < -0.4 is 5.32 Å². The number of halogens is 1. The number of hydrogen-bond donors (Lipinski definition) is 1. The molecule has 0 radical (unpaired) electrons. The third kappa shape index (κ3) is 6.49. The highest BCUT2D eigenvalue weighted by Crippen LogP contribution is 2.18. The van der Waals surface area contributed by atoms with E-state index in [1.54, 1.807) is 6.07 Å². The van der Waals surface area contributed by atoms with Crippen LogP contribution in [0.3, 0.4) is 0 Å². The lowest BCUT2D eigenvalue weighted by molar-refractivity contribution is 0.170. The van der Waals surface area contributed by atoms with E-state index < -0.39 is 14.2 Å². The molecule has 1 aromatic rings. The number of oxime groups is 1. The number of ether oxygens (including phenoxy) is 1. The topological polar surface area (TPSA) is 59.9 Å². The van der Waals surface area contributed by atoms with E-state index in [9.17, 15) is 4.79 Å². The molecule has 1 amide bonds. The smallest absolute Gasteiger partial charge is 0.407 e. The minimum atomic E-state index is -1.29. The van der Waals surface area contributed by atoms with Crippen LogP contribution >= 0.6 is 11.6 Å². The second-order valence-corrected chi connectivity index (χ2v) is 12.0. The van der Waals surface area contributed by atoms with Gasteiger partial charge < -0.3 is 14.9 Å². The second-order valence-electron chi connectivity index (χ2n) is 6.16. The maximum Gasteiger partial charge on any atom is 0.407 e. The fourth-order valence-corrected chi connectivity index (χ4v) is 2.19. The minimum Gasteiger partial charge on any atom is -0.453 e. The molecule has 0 saturated heterocycles. The van der Waals surface area contributed by atoms with Gasteiger partial charge in [-0.3, -0.25) is 0 Å². The van der Waals surface area contributed by atoms with Gasteiger partial charge in [0.25, 0.3) is 0 Å². The highest BCUT2D eigenvalue weighted by atomic mass is 35.5. The lowest BCUT2D eigenvalue weighted by Crippen LogP contribution is -2.27. The van der Waals surface area contributed by atoms with Crippen molar-refractivity contribution in [2.24, 2.45) is 5.16 Å². The van der Waals surface area contributed by atoms with Gasteiger partial charge >= 0.3 is 6.09 Å². The first kappa shape index (κ1) is 18.5. The molecule has 1 rings (SSSR count). The van der Waals surface area contributed by atoms with Gasteiger partial charge in [0, 0.05) is 11.6 Å². The van der Waals surface area contributed by atoms with Crippen molar-refractivity contribution in [3.63, 3.8) is 0 Å². The summed E-state index contributed by atoms with van der Waals surface area (Å²) in [6.07, 6.45) is 0.180. The Hall–Kier alpha value is -1.53. The van der Waals surface area contributed by atoms with Crippen LogP contribution in [-0.4, -0.2) is 33.2 Å². The van der Waals surface area contributed by atoms with E-state index in [2.05, 4.69) is 34.9 Å². The quantitative estimate of drug-likeness (QED) is 0.485. The Bertz CT molecular complexity index is 556. The molecule has 0 bridgehead atoms. The number of benzene rings is 1. The van der Waals surface area contributed by atoms with Crippen molar-refractivity contribution in [3.8, 4) is 0 Å². The summed E-state index contributed by atoms with van der Waals surface area (Å²) in [4.78, 5) is 16.6. The molecule has 122 valence electrons. The molecule has 0 atom stereocenters. The SMILES string of the molecule is COC(=O)NCc1cc(C(C)=NOC[Si](C)(C)C)ccc1Cl. The van der Waals surface area contributed by atoms with Gasteiger partial charge in [0.2, 0.25) is 0 Å². The molecule has 0 aliphatic carbocycles. The zero-order chi connectivity index (χ0) is 16.8. The number of nitrogens with one attached hydrogen (secondary N) is 1. The first-order valence-corrected chi connectivity index (χ1v) is 11.1. The van der Waals surface area contributed by atoms with Crippen molar-refractivity contribution < 1.29 is 14.4 Å². The Kier molecular flexibility index (Phi) is 6.89. The van der Waals surface area contributed by atoms with Crippen LogP contribution in [-0.2, 0) is 16.1 Å². The summed E-state index contributed by atoms with van der Waals surface area (Å²) in [6, 6.07) is 5.54. The Labute approximate surface area is 137 Å². The van der Waals surface area contributed by atoms with Gasteiger partial charge in [-0.25, -0.2) is 4.79 Å². The number of alkyl carbamates (subject to hydrolysis) is 1. The van der Waals surface area contributed by atoms with Crippen molar-refractivity contribution >= 4 is 31.5 Å². The standard InChI is InChI=1S/C15H23ClN2O3Si/c1-11(18-21-10-22(3,4)5)12-6-7-14(16)13(8-12)9-17-15(19)20-2/h6-8H,9-10H2,1-5H3,(H,17,19). The zero-order valence-electron chi connectivity index (χ0n) is 13.7. The van der Waals surface area contributed by atoms with E-state index in [1.165, 1.54) is 7.11 Å². The number of nitrogens with zero attached hydrogens (tertiary/aromatic N) is 1. The maximum atomic E-state index is 11.1. The predicted molar refractivity (Wildman–Crippen MR) is 92.2 cm³/mol. The van der Waals surface area contributed by atoms with E-state index in [0.717, 1.165) is 16.8 Å².